The fourth-order valence-electron chi connectivity index (χ4n) is 1.46. The van der Waals surface area contributed by atoms with Gasteiger partial charge in [0.05, 0.1) is 9.82 Å². The molecule has 0 atom stereocenters. The number of hydrogen-bond acceptors (Lipinski definition) is 5. The average Bonchev–Trinajstić information content (AvgIpc) is 2.37. The van der Waals surface area contributed by atoms with Crippen molar-refractivity contribution in [3.8, 4) is 0 Å². The summed E-state index contributed by atoms with van der Waals surface area (Å²) in [7, 11) is 3.09. The fourth-order valence-corrected chi connectivity index (χ4v) is 2.47. The first-order chi connectivity index (χ1) is 9.56. The van der Waals surface area contributed by atoms with Gasteiger partial charge in [-0.1, -0.05) is 0 Å². The zero-order chi connectivity index (χ0) is 16.4. The lowest BCUT2D eigenvalue weighted by Gasteiger charge is -2.18. The van der Waals surface area contributed by atoms with Crippen LogP contribution < -0.4 is 0 Å². The van der Waals surface area contributed by atoms with E-state index in [1.807, 2.05) is 0 Å². The summed E-state index contributed by atoms with van der Waals surface area (Å²) in [6, 6.07) is 4.03. The second-order valence-electron chi connectivity index (χ2n) is 5.06. The summed E-state index contributed by atoms with van der Waals surface area (Å²) in [5.41, 5.74) is -0.0915. The maximum Gasteiger partial charge on any atom is 0.319 e. The van der Waals surface area contributed by atoms with Gasteiger partial charge in [0, 0.05) is 25.7 Å². The molecule has 114 valence electrons. The number of thioether (sulfide) groups is 1. The van der Waals surface area contributed by atoms with Crippen molar-refractivity contribution in [1.82, 2.24) is 4.90 Å². The van der Waals surface area contributed by atoms with Crippen molar-refractivity contribution in [3.05, 3.63) is 33.9 Å². The second-order valence-corrected chi connectivity index (χ2v) is 6.72. The van der Waals surface area contributed by atoms with E-state index in [9.17, 15) is 19.7 Å². The molecule has 0 aliphatic carbocycles. The minimum Gasteiger partial charge on any atom is -0.480 e. The molecule has 0 aliphatic heterocycles. The minimum absolute atomic E-state index is 0.184. The molecule has 0 saturated carbocycles. The molecule has 0 spiro atoms. The highest BCUT2D eigenvalue weighted by atomic mass is 32.2. The third kappa shape index (κ3) is 3.94. The van der Waals surface area contributed by atoms with E-state index in [0.717, 1.165) is 11.8 Å². The van der Waals surface area contributed by atoms with Gasteiger partial charge in [0.25, 0.3) is 11.6 Å². The zero-order valence-corrected chi connectivity index (χ0v) is 12.9. The van der Waals surface area contributed by atoms with Crippen LogP contribution in [0.25, 0.3) is 0 Å². The van der Waals surface area contributed by atoms with Gasteiger partial charge >= 0.3 is 5.97 Å². The number of nitro groups is 1. The lowest BCUT2D eigenvalue weighted by Crippen LogP contribution is -2.27. The van der Waals surface area contributed by atoms with Crippen LogP contribution in [0.2, 0.25) is 0 Å². The molecule has 1 rings (SSSR count). The second kappa shape index (κ2) is 6.13. The van der Waals surface area contributed by atoms with Crippen LogP contribution in [0, 0.1) is 10.1 Å². The number of hydrogen-bond donors (Lipinski definition) is 1. The lowest BCUT2D eigenvalue weighted by atomic mass is 10.2. The molecule has 1 aromatic carbocycles. The van der Waals surface area contributed by atoms with Crippen molar-refractivity contribution in [3.63, 3.8) is 0 Å². The first kappa shape index (κ1) is 17.0. The van der Waals surface area contributed by atoms with E-state index in [4.69, 9.17) is 5.11 Å². The summed E-state index contributed by atoms with van der Waals surface area (Å²) in [5, 5.41) is 20.2. The molecule has 8 heteroatoms. The third-order valence-corrected chi connectivity index (χ3v) is 3.94. The predicted molar refractivity (Wildman–Crippen MR) is 78.7 cm³/mol. The smallest absolute Gasteiger partial charge is 0.319 e. The summed E-state index contributed by atoms with van der Waals surface area (Å²) < 4.78 is -1.21. The third-order valence-electron chi connectivity index (χ3n) is 2.69. The van der Waals surface area contributed by atoms with Gasteiger partial charge in [-0.25, -0.2) is 0 Å². The Morgan fingerprint density at radius 3 is 2.33 bits per heavy atom. The Kier molecular flexibility index (Phi) is 4.95. The van der Waals surface area contributed by atoms with Crippen LogP contribution in [0.3, 0.4) is 0 Å². The number of carboxylic acid groups (broad SMARTS) is 1. The van der Waals surface area contributed by atoms with Crippen LogP contribution in [0.5, 0.6) is 0 Å². The topological polar surface area (TPSA) is 101 Å². The zero-order valence-electron chi connectivity index (χ0n) is 12.1. The Morgan fingerprint density at radius 2 is 1.90 bits per heavy atom. The van der Waals surface area contributed by atoms with Crippen LogP contribution in [0.15, 0.2) is 23.1 Å². The number of carbonyl (C=O) groups is 2. The molecule has 0 unspecified atom stereocenters. The average molecular weight is 312 g/mol. The Labute approximate surface area is 126 Å². The quantitative estimate of drug-likeness (QED) is 0.508. The number of rotatable bonds is 5. The van der Waals surface area contributed by atoms with E-state index in [2.05, 4.69) is 0 Å². The molecule has 7 nitrogen and oxygen atoms in total. The van der Waals surface area contributed by atoms with Crippen molar-refractivity contribution in [2.75, 3.05) is 14.1 Å². The van der Waals surface area contributed by atoms with Crippen molar-refractivity contribution >= 4 is 29.3 Å². The Bertz CT molecular complexity index is 598. The molecule has 0 radical (unpaired) electrons. The van der Waals surface area contributed by atoms with Crippen LogP contribution in [-0.4, -0.2) is 45.6 Å². The van der Waals surface area contributed by atoms with Crippen molar-refractivity contribution in [1.29, 1.82) is 0 Å². The molecule has 0 saturated heterocycles. The Balaban J connectivity index is 3.26. The first-order valence-corrected chi connectivity index (χ1v) is 6.80. The Morgan fingerprint density at radius 1 is 1.33 bits per heavy atom. The fraction of sp³-hybridized carbons (Fsp3) is 0.385. The molecule has 1 amide bonds. The molecular weight excluding hydrogens is 296 g/mol. The summed E-state index contributed by atoms with van der Waals surface area (Å²) in [5.74, 6) is -1.43. The number of benzene rings is 1. The first-order valence-electron chi connectivity index (χ1n) is 5.98. The van der Waals surface area contributed by atoms with Gasteiger partial charge in [0.2, 0.25) is 0 Å². The molecule has 0 heterocycles. The molecule has 0 aliphatic rings. The van der Waals surface area contributed by atoms with Gasteiger partial charge in [0.1, 0.15) is 4.75 Å². The van der Waals surface area contributed by atoms with E-state index in [1.54, 1.807) is 14.1 Å². The summed E-state index contributed by atoms with van der Waals surface area (Å²) in [6.07, 6.45) is 0. The van der Waals surface area contributed by atoms with E-state index in [-0.39, 0.29) is 22.1 Å². The molecule has 0 fully saturated rings. The van der Waals surface area contributed by atoms with Gasteiger partial charge in [-0.3, -0.25) is 19.7 Å². The monoisotopic (exact) mass is 312 g/mol. The van der Waals surface area contributed by atoms with Gasteiger partial charge in [-0.15, -0.1) is 11.8 Å². The van der Waals surface area contributed by atoms with Gasteiger partial charge in [0.15, 0.2) is 0 Å². The molecule has 0 aromatic heterocycles. The maximum atomic E-state index is 11.8. The van der Waals surface area contributed by atoms with Crippen molar-refractivity contribution in [2.24, 2.45) is 0 Å². The van der Waals surface area contributed by atoms with E-state index in [0.29, 0.717) is 0 Å². The summed E-state index contributed by atoms with van der Waals surface area (Å²) in [6.45, 7) is 2.92. The van der Waals surface area contributed by atoms with Crippen LogP contribution >= 0.6 is 11.8 Å². The number of nitrogens with zero attached hydrogens (tertiary/aromatic N) is 2. The van der Waals surface area contributed by atoms with Gasteiger partial charge in [-0.2, -0.15) is 0 Å². The molecule has 21 heavy (non-hydrogen) atoms. The standard InChI is InChI=1S/C13H16N2O5S/c1-13(2,12(17)18)21-10-6-5-8(11(16)14(3)4)7-9(10)15(19)20/h5-7H,1-4H3,(H,17,18). The maximum absolute atomic E-state index is 11.8. The number of nitro benzene ring substituents is 1. The number of carboxylic acids is 1. The van der Waals surface area contributed by atoms with Crippen LogP contribution in [0.1, 0.15) is 24.2 Å². The van der Waals surface area contributed by atoms with E-state index < -0.39 is 15.6 Å². The summed E-state index contributed by atoms with van der Waals surface area (Å²) >= 11 is 0.872. The van der Waals surface area contributed by atoms with E-state index >= 15 is 0 Å². The minimum atomic E-state index is -1.21. The van der Waals surface area contributed by atoms with Crippen molar-refractivity contribution < 1.29 is 19.6 Å². The SMILES string of the molecule is CN(C)C(=O)c1ccc(SC(C)(C)C(=O)O)c([N+](=O)[O-])c1. The van der Waals surface area contributed by atoms with Crippen molar-refractivity contribution in [2.45, 2.75) is 23.5 Å². The molecular formula is C13H16N2O5S. The van der Waals surface area contributed by atoms with Gasteiger partial charge < -0.3 is 10.0 Å². The highest BCUT2D eigenvalue weighted by molar-refractivity contribution is 8.01. The highest BCUT2D eigenvalue weighted by Crippen LogP contribution is 2.38. The van der Waals surface area contributed by atoms with Crippen LogP contribution in [-0.2, 0) is 4.79 Å². The predicted octanol–water partition coefficient (Wildman–Crippen LogP) is 2.25. The van der Waals surface area contributed by atoms with E-state index in [1.165, 1.54) is 36.9 Å². The number of carbonyl (C=O) groups excluding carboxylic acids is 1. The number of aliphatic carboxylic acids is 1. The largest absolute Gasteiger partial charge is 0.480 e. The van der Waals surface area contributed by atoms with Gasteiger partial charge in [-0.05, 0) is 26.0 Å². The molecule has 1 aromatic rings. The Hall–Kier alpha value is -2.09. The highest BCUT2D eigenvalue weighted by Gasteiger charge is 2.32. The number of amides is 1. The van der Waals surface area contributed by atoms with Crippen LogP contribution in [0.4, 0.5) is 5.69 Å². The lowest BCUT2D eigenvalue weighted by molar-refractivity contribution is -0.387. The molecule has 0 bridgehead atoms. The summed E-state index contributed by atoms with van der Waals surface area (Å²) in [4.78, 5) is 35.0. The normalized spacial score (nSPS) is 11.0. The molecule has 1 N–H and O–H groups in total.